The third kappa shape index (κ3) is 6.09. The number of nitrogens with one attached hydrogen (secondary N) is 1. The van der Waals surface area contributed by atoms with E-state index in [1.165, 1.54) is 17.4 Å². The molecule has 2 aliphatic rings. The summed E-state index contributed by atoms with van der Waals surface area (Å²) >= 11 is 1.37. The van der Waals surface area contributed by atoms with Gasteiger partial charge in [0.15, 0.2) is 9.84 Å². The monoisotopic (exact) mass is 571 g/mol. The molecular weight excluding hydrogens is 544 g/mol. The summed E-state index contributed by atoms with van der Waals surface area (Å²) in [5.74, 6) is -1.66. The van der Waals surface area contributed by atoms with Gasteiger partial charge in [0.2, 0.25) is 5.91 Å². The van der Waals surface area contributed by atoms with Crippen LogP contribution in [0.4, 0.5) is 14.5 Å². The van der Waals surface area contributed by atoms with Crippen molar-refractivity contribution in [1.82, 2.24) is 15.3 Å². The first-order valence-corrected chi connectivity index (χ1v) is 15.3. The van der Waals surface area contributed by atoms with Gasteiger partial charge in [-0.05, 0) is 49.1 Å². The Bertz CT molecular complexity index is 1470. The summed E-state index contributed by atoms with van der Waals surface area (Å²) in [6.07, 6.45) is 0.756. The first kappa shape index (κ1) is 27.1. The summed E-state index contributed by atoms with van der Waals surface area (Å²) in [5.41, 5.74) is 2.90. The number of rotatable bonds is 6. The first-order valence-electron chi connectivity index (χ1n) is 12.7. The molecule has 0 radical (unpaired) electrons. The number of carbonyl (C=O) groups excluding carboxylic acids is 1. The first-order chi connectivity index (χ1) is 18.7. The molecule has 204 valence electrons. The quantitative estimate of drug-likeness (QED) is 0.443. The standard InChI is InChI=1S/C27H27F2N5O3S2/c28-18-3-7-21(22(15-18)26(35)31-10-9-30)24-25(38-27(33-24)23-8-4-19(29)16-32-23)17-1-5-20(6-2-17)34-11-13-39(36,37)14-12-34/h1-2,4-6,8,16,18,21-22H,3,7,10-15H2,(H,31,35). The molecule has 0 bridgehead atoms. The SMILES string of the molecule is N#CCNC(=O)C1CC(F)CCC1c1nc(-c2ccc(F)cn2)sc1-c1ccc(N2CCS(=O)(=O)CC2)cc1. The summed E-state index contributed by atoms with van der Waals surface area (Å²) < 4.78 is 51.6. The predicted octanol–water partition coefficient (Wildman–Crippen LogP) is 4.11. The maximum atomic E-state index is 14.5. The zero-order chi connectivity index (χ0) is 27.6. The molecule has 8 nitrogen and oxygen atoms in total. The van der Waals surface area contributed by atoms with Gasteiger partial charge in [-0.25, -0.2) is 22.2 Å². The predicted molar refractivity (Wildman–Crippen MR) is 145 cm³/mol. The molecule has 2 fully saturated rings. The Hall–Kier alpha value is -3.43. The van der Waals surface area contributed by atoms with Crippen molar-refractivity contribution < 1.29 is 22.0 Å². The normalized spacial score (nSPS) is 22.7. The minimum absolute atomic E-state index is 0.0415. The van der Waals surface area contributed by atoms with E-state index in [0.29, 0.717) is 42.3 Å². The van der Waals surface area contributed by atoms with Crippen LogP contribution in [0.25, 0.3) is 21.1 Å². The lowest BCUT2D eigenvalue weighted by Crippen LogP contribution is -2.40. The number of nitriles is 1. The van der Waals surface area contributed by atoms with Gasteiger partial charge in [-0.15, -0.1) is 11.3 Å². The summed E-state index contributed by atoms with van der Waals surface area (Å²) in [7, 11) is -3.00. The van der Waals surface area contributed by atoms with Crippen molar-refractivity contribution in [3.8, 4) is 27.2 Å². The molecular formula is C27H27F2N5O3S2. The number of carbonyl (C=O) groups is 1. The minimum atomic E-state index is -3.00. The number of aromatic nitrogens is 2. The molecule has 5 rings (SSSR count). The number of hydrogen-bond acceptors (Lipinski definition) is 8. The Morgan fingerprint density at radius 1 is 1.15 bits per heavy atom. The summed E-state index contributed by atoms with van der Waals surface area (Å²) in [6.45, 7) is 0.701. The highest BCUT2D eigenvalue weighted by Crippen LogP contribution is 2.46. The molecule has 0 spiro atoms. The number of pyridine rings is 1. The number of halogens is 2. The van der Waals surface area contributed by atoms with Crippen LogP contribution in [-0.2, 0) is 14.6 Å². The van der Waals surface area contributed by atoms with Crippen molar-refractivity contribution >= 4 is 32.8 Å². The third-order valence-corrected chi connectivity index (χ3v) is 10.0. The lowest BCUT2D eigenvalue weighted by atomic mass is 9.75. The maximum absolute atomic E-state index is 14.5. The highest BCUT2D eigenvalue weighted by atomic mass is 32.2. The minimum Gasteiger partial charge on any atom is -0.369 e. The molecule has 1 N–H and O–H groups in total. The number of amides is 1. The number of hydrogen-bond donors (Lipinski definition) is 1. The average molecular weight is 572 g/mol. The smallest absolute Gasteiger partial charge is 0.224 e. The molecule has 1 saturated carbocycles. The fraction of sp³-hybridized carbons (Fsp3) is 0.407. The van der Waals surface area contributed by atoms with Crippen LogP contribution < -0.4 is 10.2 Å². The van der Waals surface area contributed by atoms with E-state index in [1.807, 2.05) is 35.2 Å². The maximum Gasteiger partial charge on any atom is 0.224 e. The van der Waals surface area contributed by atoms with Gasteiger partial charge in [-0.1, -0.05) is 12.1 Å². The number of benzene rings is 1. The van der Waals surface area contributed by atoms with E-state index in [1.54, 1.807) is 6.07 Å². The van der Waals surface area contributed by atoms with E-state index in [9.17, 15) is 22.0 Å². The molecule has 3 heterocycles. The molecule has 3 atom stereocenters. The van der Waals surface area contributed by atoms with Crippen molar-refractivity contribution in [3.63, 3.8) is 0 Å². The molecule has 1 aliphatic heterocycles. The molecule has 1 amide bonds. The van der Waals surface area contributed by atoms with Crippen molar-refractivity contribution in [1.29, 1.82) is 5.26 Å². The van der Waals surface area contributed by atoms with Crippen LogP contribution in [0.3, 0.4) is 0 Å². The van der Waals surface area contributed by atoms with Crippen LogP contribution in [0.5, 0.6) is 0 Å². The number of thiazole rings is 1. The summed E-state index contributed by atoms with van der Waals surface area (Å²) in [6, 6.07) is 12.5. The molecule has 3 aromatic rings. The Kier molecular flexibility index (Phi) is 7.91. The Labute approximate surface area is 229 Å². The van der Waals surface area contributed by atoms with Crippen LogP contribution in [-0.4, -0.2) is 61.6 Å². The van der Waals surface area contributed by atoms with Crippen LogP contribution in [0.15, 0.2) is 42.6 Å². The molecule has 1 aromatic carbocycles. The average Bonchev–Trinajstić information content (AvgIpc) is 3.37. The van der Waals surface area contributed by atoms with E-state index in [4.69, 9.17) is 10.2 Å². The van der Waals surface area contributed by atoms with Gasteiger partial charge in [-0.3, -0.25) is 9.78 Å². The fourth-order valence-electron chi connectivity index (χ4n) is 5.19. The molecule has 1 saturated heterocycles. The van der Waals surface area contributed by atoms with Crippen LogP contribution in [0.2, 0.25) is 0 Å². The zero-order valence-electron chi connectivity index (χ0n) is 21.0. The second-order valence-corrected chi connectivity index (χ2v) is 13.1. The lowest BCUT2D eigenvalue weighted by Gasteiger charge is -2.32. The zero-order valence-corrected chi connectivity index (χ0v) is 22.6. The van der Waals surface area contributed by atoms with Gasteiger partial charge in [0.05, 0.1) is 40.0 Å². The van der Waals surface area contributed by atoms with Crippen molar-refractivity contribution in [3.05, 3.63) is 54.1 Å². The fourth-order valence-corrected chi connectivity index (χ4v) is 7.51. The van der Waals surface area contributed by atoms with Crippen molar-refractivity contribution in [2.75, 3.05) is 36.0 Å². The molecule has 1 aliphatic carbocycles. The molecule has 3 unspecified atom stereocenters. The van der Waals surface area contributed by atoms with Crippen molar-refractivity contribution in [2.24, 2.45) is 5.92 Å². The van der Waals surface area contributed by atoms with Gasteiger partial charge in [0.1, 0.15) is 23.5 Å². The van der Waals surface area contributed by atoms with E-state index < -0.39 is 27.7 Å². The van der Waals surface area contributed by atoms with E-state index in [2.05, 4.69) is 10.3 Å². The Balaban J connectivity index is 1.52. The lowest BCUT2D eigenvalue weighted by molar-refractivity contribution is -0.127. The van der Waals surface area contributed by atoms with Gasteiger partial charge < -0.3 is 10.2 Å². The highest BCUT2D eigenvalue weighted by Gasteiger charge is 2.39. The highest BCUT2D eigenvalue weighted by molar-refractivity contribution is 7.91. The summed E-state index contributed by atoms with van der Waals surface area (Å²) in [4.78, 5) is 24.8. The Morgan fingerprint density at radius 2 is 1.90 bits per heavy atom. The Morgan fingerprint density at radius 3 is 2.56 bits per heavy atom. The number of sulfone groups is 1. The number of anilines is 1. The summed E-state index contributed by atoms with van der Waals surface area (Å²) in [5, 5.41) is 12.1. The van der Waals surface area contributed by atoms with E-state index >= 15 is 0 Å². The van der Waals surface area contributed by atoms with Crippen molar-refractivity contribution in [2.45, 2.75) is 31.4 Å². The van der Waals surface area contributed by atoms with Gasteiger partial charge in [-0.2, -0.15) is 5.26 Å². The van der Waals surface area contributed by atoms with Gasteiger partial charge in [0.25, 0.3) is 0 Å². The number of nitrogens with zero attached hydrogens (tertiary/aromatic N) is 4. The largest absolute Gasteiger partial charge is 0.369 e. The van der Waals surface area contributed by atoms with Crippen LogP contribution in [0.1, 0.15) is 30.9 Å². The second kappa shape index (κ2) is 11.4. The van der Waals surface area contributed by atoms with Gasteiger partial charge >= 0.3 is 0 Å². The van der Waals surface area contributed by atoms with Gasteiger partial charge in [0, 0.05) is 30.6 Å². The topological polar surface area (TPSA) is 116 Å². The van der Waals surface area contributed by atoms with Crippen LogP contribution in [0, 0.1) is 23.1 Å². The molecule has 2 aromatic heterocycles. The second-order valence-electron chi connectivity index (χ2n) is 9.78. The number of alkyl halides is 1. The van der Waals surface area contributed by atoms with Crippen LogP contribution >= 0.6 is 11.3 Å². The third-order valence-electron chi connectivity index (χ3n) is 7.25. The van der Waals surface area contributed by atoms with E-state index in [0.717, 1.165) is 22.3 Å². The molecule has 39 heavy (non-hydrogen) atoms. The molecule has 12 heteroatoms. The van der Waals surface area contributed by atoms with E-state index in [-0.39, 0.29) is 36.3 Å².